The summed E-state index contributed by atoms with van der Waals surface area (Å²) in [6.07, 6.45) is 4.87. The second kappa shape index (κ2) is 15.4. The van der Waals surface area contributed by atoms with Crippen LogP contribution in [0.5, 0.6) is 0 Å². The molecule has 0 fully saturated rings. The summed E-state index contributed by atoms with van der Waals surface area (Å²) >= 11 is 0. The highest BCUT2D eigenvalue weighted by atomic mass is 16.2. The zero-order valence-corrected chi connectivity index (χ0v) is 20.5. The largest absolute Gasteiger partial charge is 0.355 e. The molecule has 0 aromatic heterocycles. The van der Waals surface area contributed by atoms with Crippen LogP contribution in [0.1, 0.15) is 58.1 Å². The molecule has 1 rings (SSSR count). The summed E-state index contributed by atoms with van der Waals surface area (Å²) in [5, 5.41) is 8.68. The molecular weight excluding hydrogens is 404 g/mol. The van der Waals surface area contributed by atoms with Gasteiger partial charge in [0.1, 0.15) is 0 Å². The van der Waals surface area contributed by atoms with Crippen molar-refractivity contribution in [2.45, 2.75) is 65.8 Å². The number of carbonyl (C=O) groups is 3. The summed E-state index contributed by atoms with van der Waals surface area (Å²) in [5.41, 5.74) is 2.70. The first kappa shape index (κ1) is 27.6. The van der Waals surface area contributed by atoms with Gasteiger partial charge in [0.15, 0.2) is 0 Å². The normalized spacial score (nSPS) is 11.8. The Morgan fingerprint density at radius 2 is 1.56 bits per heavy atom. The van der Waals surface area contributed by atoms with Gasteiger partial charge in [0.2, 0.25) is 17.7 Å². The minimum Gasteiger partial charge on any atom is -0.355 e. The zero-order chi connectivity index (χ0) is 23.9. The van der Waals surface area contributed by atoms with Crippen LogP contribution in [0.25, 0.3) is 0 Å². The molecule has 0 aliphatic heterocycles. The van der Waals surface area contributed by atoms with E-state index in [4.69, 9.17) is 0 Å². The van der Waals surface area contributed by atoms with Gasteiger partial charge in [-0.25, -0.2) is 0 Å². The fraction of sp³-hybridized carbons (Fsp3) is 0.640. The molecule has 32 heavy (non-hydrogen) atoms. The van der Waals surface area contributed by atoms with Gasteiger partial charge in [-0.3, -0.25) is 14.4 Å². The number of carbonyl (C=O) groups excluding carboxylic acids is 3. The van der Waals surface area contributed by atoms with Crippen LogP contribution in [0.2, 0.25) is 0 Å². The highest BCUT2D eigenvalue weighted by Gasteiger charge is 2.25. The Balaban J connectivity index is 2.32. The van der Waals surface area contributed by atoms with Crippen molar-refractivity contribution in [3.63, 3.8) is 0 Å². The van der Waals surface area contributed by atoms with E-state index in [-0.39, 0.29) is 42.8 Å². The van der Waals surface area contributed by atoms with Crippen LogP contribution in [-0.4, -0.2) is 61.9 Å². The SMILES string of the molecule is CCCNC(C(=O)N(C)CC(=O)NCC(=O)NCCCc1ccccc1CCC)C(C)C. The van der Waals surface area contributed by atoms with E-state index < -0.39 is 0 Å². The highest BCUT2D eigenvalue weighted by Crippen LogP contribution is 2.13. The van der Waals surface area contributed by atoms with E-state index in [2.05, 4.69) is 41.1 Å². The fourth-order valence-electron chi connectivity index (χ4n) is 3.56. The van der Waals surface area contributed by atoms with Gasteiger partial charge in [-0.05, 0) is 49.3 Å². The van der Waals surface area contributed by atoms with E-state index in [0.29, 0.717) is 6.54 Å². The molecule has 7 heteroatoms. The van der Waals surface area contributed by atoms with Crippen molar-refractivity contribution in [3.05, 3.63) is 35.4 Å². The standard InChI is InChI=1S/C25H42N4O3/c1-6-11-20-12-8-9-13-21(20)14-10-16-26-22(30)17-28-23(31)18-29(5)25(32)24(19(3)4)27-15-7-2/h8-9,12-13,19,24,27H,6-7,10-11,14-18H2,1-5H3,(H,26,30)(H,28,31). The number of rotatable bonds is 15. The quantitative estimate of drug-likeness (QED) is 0.361. The third-order valence-electron chi connectivity index (χ3n) is 5.33. The summed E-state index contributed by atoms with van der Waals surface area (Å²) in [7, 11) is 1.61. The van der Waals surface area contributed by atoms with Gasteiger partial charge < -0.3 is 20.9 Å². The van der Waals surface area contributed by atoms with E-state index in [1.54, 1.807) is 7.05 Å². The molecular formula is C25H42N4O3. The Bertz CT molecular complexity index is 721. The van der Waals surface area contributed by atoms with Gasteiger partial charge >= 0.3 is 0 Å². The highest BCUT2D eigenvalue weighted by molar-refractivity contribution is 5.89. The Kier molecular flexibility index (Phi) is 13.3. The number of likely N-dealkylation sites (N-methyl/N-ethyl adjacent to an activating group) is 1. The lowest BCUT2D eigenvalue weighted by Crippen LogP contribution is -2.51. The minimum atomic E-state index is -0.345. The summed E-state index contributed by atoms with van der Waals surface area (Å²) in [6.45, 7) is 9.32. The van der Waals surface area contributed by atoms with E-state index >= 15 is 0 Å². The van der Waals surface area contributed by atoms with Crippen molar-refractivity contribution in [2.24, 2.45) is 5.92 Å². The molecule has 0 bridgehead atoms. The molecule has 0 heterocycles. The molecule has 0 saturated heterocycles. The van der Waals surface area contributed by atoms with Gasteiger partial charge in [0, 0.05) is 13.6 Å². The smallest absolute Gasteiger partial charge is 0.240 e. The predicted octanol–water partition coefficient (Wildman–Crippen LogP) is 2.29. The summed E-state index contributed by atoms with van der Waals surface area (Å²) in [4.78, 5) is 38.3. The van der Waals surface area contributed by atoms with Gasteiger partial charge in [0.25, 0.3) is 0 Å². The number of aryl methyl sites for hydroxylation is 2. The van der Waals surface area contributed by atoms with Crippen LogP contribution in [-0.2, 0) is 27.2 Å². The number of amides is 3. The van der Waals surface area contributed by atoms with Crippen molar-refractivity contribution in [1.82, 2.24) is 20.9 Å². The number of hydrogen-bond donors (Lipinski definition) is 3. The molecule has 0 spiro atoms. The first-order valence-corrected chi connectivity index (χ1v) is 11.9. The predicted molar refractivity (Wildman–Crippen MR) is 129 cm³/mol. The molecule has 3 N–H and O–H groups in total. The average Bonchev–Trinajstić information content (AvgIpc) is 2.76. The van der Waals surface area contributed by atoms with Crippen LogP contribution < -0.4 is 16.0 Å². The molecule has 0 aliphatic carbocycles. The molecule has 1 unspecified atom stereocenters. The van der Waals surface area contributed by atoms with Crippen LogP contribution in [0.4, 0.5) is 0 Å². The lowest BCUT2D eigenvalue weighted by molar-refractivity contribution is -0.137. The van der Waals surface area contributed by atoms with Gasteiger partial charge in [-0.15, -0.1) is 0 Å². The average molecular weight is 447 g/mol. The fourth-order valence-corrected chi connectivity index (χ4v) is 3.56. The van der Waals surface area contributed by atoms with E-state index in [1.165, 1.54) is 16.0 Å². The maximum Gasteiger partial charge on any atom is 0.240 e. The summed E-state index contributed by atoms with van der Waals surface area (Å²) < 4.78 is 0. The van der Waals surface area contributed by atoms with Crippen molar-refractivity contribution >= 4 is 17.7 Å². The molecule has 1 atom stereocenters. The first-order chi connectivity index (χ1) is 15.3. The van der Waals surface area contributed by atoms with Crippen molar-refractivity contribution in [2.75, 3.05) is 33.2 Å². The molecule has 1 aromatic rings. The lowest BCUT2D eigenvalue weighted by atomic mass is 9.99. The maximum atomic E-state index is 12.6. The third kappa shape index (κ3) is 10.3. The van der Waals surface area contributed by atoms with Gasteiger partial charge in [-0.2, -0.15) is 0 Å². The third-order valence-corrected chi connectivity index (χ3v) is 5.33. The minimum absolute atomic E-state index is 0.0721. The van der Waals surface area contributed by atoms with Crippen LogP contribution in [0, 0.1) is 5.92 Å². The van der Waals surface area contributed by atoms with Crippen molar-refractivity contribution in [1.29, 1.82) is 0 Å². The number of hydrogen-bond acceptors (Lipinski definition) is 4. The zero-order valence-electron chi connectivity index (χ0n) is 20.5. The second-order valence-electron chi connectivity index (χ2n) is 8.62. The molecule has 0 saturated carbocycles. The Morgan fingerprint density at radius 1 is 0.906 bits per heavy atom. The molecule has 3 amide bonds. The number of nitrogens with zero attached hydrogens (tertiary/aromatic N) is 1. The van der Waals surface area contributed by atoms with Crippen LogP contribution in [0.15, 0.2) is 24.3 Å². The Morgan fingerprint density at radius 3 is 2.16 bits per heavy atom. The van der Waals surface area contributed by atoms with Gasteiger partial charge in [-0.1, -0.05) is 58.4 Å². The monoisotopic (exact) mass is 446 g/mol. The van der Waals surface area contributed by atoms with E-state index in [9.17, 15) is 14.4 Å². The number of benzene rings is 1. The number of nitrogens with one attached hydrogen (secondary N) is 3. The Labute approximate surface area is 193 Å². The maximum absolute atomic E-state index is 12.6. The molecule has 7 nitrogen and oxygen atoms in total. The summed E-state index contributed by atoms with van der Waals surface area (Å²) in [5.74, 6) is -0.558. The van der Waals surface area contributed by atoms with E-state index in [0.717, 1.165) is 38.6 Å². The molecule has 0 aliphatic rings. The van der Waals surface area contributed by atoms with Crippen molar-refractivity contribution in [3.8, 4) is 0 Å². The van der Waals surface area contributed by atoms with Crippen LogP contribution in [0.3, 0.4) is 0 Å². The lowest BCUT2D eigenvalue weighted by Gasteiger charge is -2.26. The second-order valence-corrected chi connectivity index (χ2v) is 8.62. The van der Waals surface area contributed by atoms with Crippen molar-refractivity contribution < 1.29 is 14.4 Å². The molecule has 0 radical (unpaired) electrons. The summed E-state index contributed by atoms with van der Waals surface area (Å²) in [6, 6.07) is 8.10. The van der Waals surface area contributed by atoms with Crippen LogP contribution >= 0.6 is 0 Å². The van der Waals surface area contributed by atoms with Gasteiger partial charge in [0.05, 0.1) is 19.1 Å². The topological polar surface area (TPSA) is 90.5 Å². The Hall–Kier alpha value is -2.41. The molecule has 1 aromatic carbocycles. The molecule has 180 valence electrons. The first-order valence-electron chi connectivity index (χ1n) is 11.9. The van der Waals surface area contributed by atoms with E-state index in [1.807, 2.05) is 26.8 Å².